The number of carbonyl (C=O) groups is 3. The molecule has 8 N–H and O–H groups in total. The van der Waals surface area contributed by atoms with Crippen LogP contribution in [0, 0.1) is 0 Å². The summed E-state index contributed by atoms with van der Waals surface area (Å²) in [4.78, 5) is 60.9. The third kappa shape index (κ3) is 6.72. The fourth-order valence-corrected chi connectivity index (χ4v) is 2.77. The number of carboxylic acid groups (broad SMARTS) is 1. The number of nitrogens with zero attached hydrogens (tertiary/aromatic N) is 3. The van der Waals surface area contributed by atoms with Gasteiger partial charge >= 0.3 is 5.97 Å². The summed E-state index contributed by atoms with van der Waals surface area (Å²) in [7, 11) is 0. The summed E-state index contributed by atoms with van der Waals surface area (Å²) in [6.45, 7) is 0.243. The quantitative estimate of drug-likeness (QED) is 0.202. The number of anilines is 2. The number of aliphatic carboxylic acids is 1. The Labute approximate surface area is 196 Å². The second-order valence-corrected chi connectivity index (χ2v) is 6.78. The molecule has 2 amide bonds. The SMILES string of the molecule is NC(=O)CC[C@H](NC(=O)c1ccc(NCc2cnc3nc(N)[nH]c(=O)c3n2)cc1)C(=O)O.[Cu]. The number of benzene rings is 1. The van der Waals surface area contributed by atoms with Crippen molar-refractivity contribution in [2.24, 2.45) is 5.73 Å². The average Bonchev–Trinajstić information content (AvgIpc) is 2.75. The summed E-state index contributed by atoms with van der Waals surface area (Å²) < 4.78 is 0. The molecular weight excluding hydrogens is 484 g/mol. The molecule has 0 aliphatic heterocycles. The number of hydrogen-bond acceptors (Lipinski definition) is 9. The van der Waals surface area contributed by atoms with Crippen LogP contribution in [-0.4, -0.2) is 48.9 Å². The van der Waals surface area contributed by atoms with Gasteiger partial charge in [-0.1, -0.05) is 0 Å². The van der Waals surface area contributed by atoms with Crippen molar-refractivity contribution >= 4 is 40.6 Å². The molecule has 0 aliphatic rings. The van der Waals surface area contributed by atoms with E-state index >= 15 is 0 Å². The number of aromatic nitrogens is 4. The van der Waals surface area contributed by atoms with Crippen LogP contribution in [0.2, 0.25) is 0 Å². The number of amides is 2. The maximum absolute atomic E-state index is 12.3. The molecule has 1 radical (unpaired) electrons. The van der Waals surface area contributed by atoms with E-state index in [1.54, 1.807) is 12.1 Å². The Bertz CT molecular complexity index is 1230. The van der Waals surface area contributed by atoms with Crippen LogP contribution in [0.15, 0.2) is 35.3 Å². The smallest absolute Gasteiger partial charge is 0.326 e. The Morgan fingerprint density at radius 1 is 1.15 bits per heavy atom. The number of nitrogen functional groups attached to an aromatic ring is 1. The number of carbonyl (C=O) groups excluding carboxylic acids is 2. The number of carboxylic acids is 1. The third-order valence-electron chi connectivity index (χ3n) is 4.39. The van der Waals surface area contributed by atoms with E-state index in [9.17, 15) is 24.3 Å². The van der Waals surface area contributed by atoms with Crippen molar-refractivity contribution in [2.45, 2.75) is 25.4 Å². The maximum atomic E-state index is 12.3. The molecule has 13 nitrogen and oxygen atoms in total. The number of hydrogen-bond donors (Lipinski definition) is 6. The first-order valence-electron chi connectivity index (χ1n) is 9.40. The Kier molecular flexibility index (Phi) is 8.42. The fourth-order valence-electron chi connectivity index (χ4n) is 2.77. The van der Waals surface area contributed by atoms with Crippen molar-refractivity contribution in [3.05, 3.63) is 52.1 Å². The molecule has 14 heteroatoms. The van der Waals surface area contributed by atoms with Crippen LogP contribution in [0.1, 0.15) is 28.9 Å². The van der Waals surface area contributed by atoms with E-state index in [1.807, 2.05) is 0 Å². The zero-order valence-electron chi connectivity index (χ0n) is 17.0. The number of H-pyrrole nitrogens is 1. The van der Waals surface area contributed by atoms with Gasteiger partial charge in [0.15, 0.2) is 11.2 Å². The number of nitrogens with two attached hydrogens (primary N) is 2. The van der Waals surface area contributed by atoms with Crippen LogP contribution >= 0.6 is 0 Å². The Morgan fingerprint density at radius 2 is 1.85 bits per heavy atom. The molecule has 177 valence electrons. The minimum atomic E-state index is -1.26. The molecule has 0 spiro atoms. The standard InChI is InChI=1S/C19H20N8O5.Cu/c20-13(28)6-5-12(18(31)32)25-16(29)9-1-3-10(4-2-9)22-7-11-8-23-15-14(24-11)17(30)27-19(21)26-15;/h1-4,8,12,22H,5-7H2,(H2,20,28)(H,25,29)(H,31,32)(H3,21,23,26,27,30);/t12-;/m0./s1. The summed E-state index contributed by atoms with van der Waals surface area (Å²) in [6.07, 6.45) is 1.20. The minimum absolute atomic E-state index is 0. The van der Waals surface area contributed by atoms with Crippen molar-refractivity contribution in [2.75, 3.05) is 11.1 Å². The van der Waals surface area contributed by atoms with E-state index in [2.05, 4.69) is 30.6 Å². The molecule has 1 atom stereocenters. The Morgan fingerprint density at radius 3 is 2.48 bits per heavy atom. The Hall–Kier alpha value is -4.03. The average molecular weight is 504 g/mol. The topological polar surface area (TPSA) is 219 Å². The van der Waals surface area contributed by atoms with Crippen molar-refractivity contribution in [1.82, 2.24) is 25.3 Å². The molecule has 33 heavy (non-hydrogen) atoms. The van der Waals surface area contributed by atoms with E-state index in [4.69, 9.17) is 11.5 Å². The molecule has 0 unspecified atom stereocenters. The zero-order valence-corrected chi connectivity index (χ0v) is 17.9. The van der Waals surface area contributed by atoms with Crippen LogP contribution < -0.4 is 27.7 Å². The van der Waals surface area contributed by atoms with Crippen LogP contribution in [0.25, 0.3) is 11.2 Å². The summed E-state index contributed by atoms with van der Waals surface area (Å²) in [6, 6.07) is 5.03. The Balaban J connectivity index is 0.00000385. The van der Waals surface area contributed by atoms with Gasteiger partial charge in [0.2, 0.25) is 11.9 Å². The molecule has 0 fully saturated rings. The minimum Gasteiger partial charge on any atom is -0.480 e. The number of aromatic amines is 1. The molecular formula is C19H20CuN8O5. The largest absolute Gasteiger partial charge is 0.480 e. The molecule has 2 aromatic heterocycles. The van der Waals surface area contributed by atoms with Gasteiger partial charge in [-0.25, -0.2) is 14.8 Å². The van der Waals surface area contributed by atoms with Crippen LogP contribution in [0.4, 0.5) is 11.6 Å². The van der Waals surface area contributed by atoms with Gasteiger partial charge in [-0.2, -0.15) is 4.98 Å². The second-order valence-electron chi connectivity index (χ2n) is 6.78. The fraction of sp³-hybridized carbons (Fsp3) is 0.211. The summed E-state index contributed by atoms with van der Waals surface area (Å²) >= 11 is 0. The molecule has 0 saturated carbocycles. The van der Waals surface area contributed by atoms with Crippen LogP contribution in [-0.2, 0) is 33.2 Å². The molecule has 2 heterocycles. The van der Waals surface area contributed by atoms with Crippen LogP contribution in [0.3, 0.4) is 0 Å². The van der Waals surface area contributed by atoms with Gasteiger partial charge in [-0.3, -0.25) is 19.4 Å². The van der Waals surface area contributed by atoms with Gasteiger partial charge < -0.3 is 27.2 Å². The van der Waals surface area contributed by atoms with Crippen LogP contribution in [0.5, 0.6) is 0 Å². The first kappa shape index (κ1) is 25.2. The third-order valence-corrected chi connectivity index (χ3v) is 4.39. The zero-order chi connectivity index (χ0) is 23.3. The van der Waals surface area contributed by atoms with E-state index in [0.29, 0.717) is 11.4 Å². The molecule has 0 aliphatic carbocycles. The van der Waals surface area contributed by atoms with E-state index in [-0.39, 0.29) is 59.1 Å². The summed E-state index contributed by atoms with van der Waals surface area (Å²) in [5.41, 5.74) is 11.6. The summed E-state index contributed by atoms with van der Waals surface area (Å²) in [5, 5.41) is 14.6. The van der Waals surface area contributed by atoms with Crippen molar-refractivity contribution in [3.63, 3.8) is 0 Å². The van der Waals surface area contributed by atoms with Gasteiger partial charge in [0.05, 0.1) is 18.4 Å². The monoisotopic (exact) mass is 503 g/mol. The van der Waals surface area contributed by atoms with Gasteiger partial charge in [0.25, 0.3) is 11.5 Å². The number of nitrogens with one attached hydrogen (secondary N) is 3. The van der Waals surface area contributed by atoms with E-state index < -0.39 is 29.4 Å². The van der Waals surface area contributed by atoms with E-state index in [1.165, 1.54) is 18.3 Å². The maximum Gasteiger partial charge on any atom is 0.326 e. The molecule has 0 bridgehead atoms. The van der Waals surface area contributed by atoms with Gasteiger partial charge in [-0.05, 0) is 30.7 Å². The van der Waals surface area contributed by atoms with Crippen molar-refractivity contribution in [3.8, 4) is 0 Å². The first-order valence-corrected chi connectivity index (χ1v) is 9.40. The molecule has 3 aromatic rings. The predicted molar refractivity (Wildman–Crippen MR) is 113 cm³/mol. The first-order chi connectivity index (χ1) is 15.2. The molecule has 0 saturated heterocycles. The summed E-state index contributed by atoms with van der Waals surface area (Å²) in [5.74, 6) is -2.55. The molecule has 3 rings (SSSR count). The van der Waals surface area contributed by atoms with Gasteiger partial charge in [0, 0.05) is 34.7 Å². The van der Waals surface area contributed by atoms with Gasteiger partial charge in [0.1, 0.15) is 6.04 Å². The van der Waals surface area contributed by atoms with Gasteiger partial charge in [-0.15, -0.1) is 0 Å². The number of rotatable bonds is 9. The normalized spacial score (nSPS) is 11.3. The number of fused-ring (bicyclic) bond motifs is 1. The van der Waals surface area contributed by atoms with E-state index in [0.717, 1.165) is 0 Å². The predicted octanol–water partition coefficient (Wildman–Crippen LogP) is -0.647. The van der Waals surface area contributed by atoms with Crippen molar-refractivity contribution in [1.29, 1.82) is 0 Å². The second kappa shape index (κ2) is 11.0. The molecule has 1 aromatic carbocycles. The van der Waals surface area contributed by atoms with Crippen molar-refractivity contribution < 1.29 is 36.6 Å². The number of primary amides is 1.